The quantitative estimate of drug-likeness (QED) is 0.262. The minimum Gasteiger partial charge on any atom is -0.364 e. The van der Waals surface area contributed by atoms with Gasteiger partial charge in [0.2, 0.25) is 0 Å². The maximum Gasteiger partial charge on any atom is 0.480 e. The van der Waals surface area contributed by atoms with Gasteiger partial charge in [0.25, 0.3) is 5.91 Å². The Balaban J connectivity index is 2.01. The Hall–Kier alpha value is -0.590. The summed E-state index contributed by atoms with van der Waals surface area (Å²) < 4.78 is 16.0. The number of nitrogens with two attached hydrogens (primary N) is 1. The second-order valence-electron chi connectivity index (χ2n) is 7.89. The van der Waals surface area contributed by atoms with Gasteiger partial charge in [0.1, 0.15) is 0 Å². The van der Waals surface area contributed by atoms with Crippen LogP contribution < -0.4 is 11.1 Å². The lowest BCUT2D eigenvalue weighted by Gasteiger charge is -2.20. The summed E-state index contributed by atoms with van der Waals surface area (Å²) in [6.07, 6.45) is 17.9. The fourth-order valence-electron chi connectivity index (χ4n) is 3.82. The van der Waals surface area contributed by atoms with Crippen molar-refractivity contribution in [3.8, 4) is 0 Å². The standard InChI is InChI=1S/C21H40N2O3S/c1-2-3-4-5-6-7-8-9-10-11-12-13-14-15-16-21(27-25,19(22)24)20-23-17-18-26-20/h20,23H,2-18H2,1H3,(H-,22,24)/p+1. The molecular weight excluding hydrogens is 360 g/mol. The Bertz CT molecular complexity index is 403. The molecule has 1 heterocycles. The van der Waals surface area contributed by atoms with E-state index in [-0.39, 0.29) is 0 Å². The van der Waals surface area contributed by atoms with Gasteiger partial charge in [-0.15, -0.1) is 0 Å². The Labute approximate surface area is 170 Å². The first-order valence-electron chi connectivity index (χ1n) is 11.1. The maximum absolute atomic E-state index is 11.9. The normalized spacial score (nSPS) is 19.1. The first-order chi connectivity index (χ1) is 13.2. The molecule has 3 N–H and O–H groups in total. The molecule has 0 saturated carbocycles. The third-order valence-electron chi connectivity index (χ3n) is 5.61. The number of carbonyl (C=O) groups is 1. The van der Waals surface area contributed by atoms with Crippen LogP contribution in [-0.4, -0.2) is 30.0 Å². The zero-order valence-corrected chi connectivity index (χ0v) is 18.1. The summed E-state index contributed by atoms with van der Waals surface area (Å²) >= 11 is 0.296. The van der Waals surface area contributed by atoms with Gasteiger partial charge in [-0.2, -0.15) is 0 Å². The highest BCUT2D eigenvalue weighted by Crippen LogP contribution is 2.25. The van der Waals surface area contributed by atoms with E-state index in [0.29, 0.717) is 31.2 Å². The van der Waals surface area contributed by atoms with Crippen LogP contribution in [-0.2, 0) is 25.4 Å². The highest BCUT2D eigenvalue weighted by atomic mass is 32.1. The smallest absolute Gasteiger partial charge is 0.364 e. The molecule has 0 bridgehead atoms. The molecule has 2 unspecified atom stereocenters. The van der Waals surface area contributed by atoms with Gasteiger partial charge in [-0.05, 0) is 6.42 Å². The number of amides is 1. The molecule has 0 aromatic carbocycles. The molecule has 0 aliphatic carbocycles. The average Bonchev–Trinajstić information content (AvgIpc) is 3.20. The Morgan fingerprint density at radius 1 is 0.963 bits per heavy atom. The van der Waals surface area contributed by atoms with E-state index in [1.165, 1.54) is 70.6 Å². The van der Waals surface area contributed by atoms with E-state index in [1.54, 1.807) is 0 Å². The fraction of sp³-hybridized carbons (Fsp3) is 0.952. The molecule has 1 fully saturated rings. The van der Waals surface area contributed by atoms with Crippen LogP contribution >= 0.6 is 0 Å². The van der Waals surface area contributed by atoms with Gasteiger partial charge in [-0.1, -0.05) is 90.4 Å². The van der Waals surface area contributed by atoms with Gasteiger partial charge in [0, 0.05) is 17.2 Å². The molecule has 1 saturated heterocycles. The van der Waals surface area contributed by atoms with E-state index < -0.39 is 16.9 Å². The van der Waals surface area contributed by atoms with Crippen molar-refractivity contribution in [2.24, 2.45) is 5.73 Å². The second-order valence-corrected chi connectivity index (χ2v) is 8.78. The van der Waals surface area contributed by atoms with Crippen LogP contribution in [0.3, 0.4) is 0 Å². The molecule has 5 nitrogen and oxygen atoms in total. The predicted octanol–water partition coefficient (Wildman–Crippen LogP) is 4.46. The van der Waals surface area contributed by atoms with Crippen LogP contribution in [0.1, 0.15) is 103 Å². The van der Waals surface area contributed by atoms with Crippen LogP contribution in [0.2, 0.25) is 0 Å². The molecule has 0 radical (unpaired) electrons. The second kappa shape index (κ2) is 15.3. The maximum atomic E-state index is 11.9. The number of hydrogen-bond donors (Lipinski definition) is 2. The summed E-state index contributed by atoms with van der Waals surface area (Å²) in [5, 5.41) is 3.09. The molecule has 0 aromatic heterocycles. The third kappa shape index (κ3) is 9.44. The fourth-order valence-corrected chi connectivity index (χ4v) is 4.37. The summed E-state index contributed by atoms with van der Waals surface area (Å²) in [5.74, 6) is -0.559. The number of ether oxygens (including phenoxy) is 1. The van der Waals surface area contributed by atoms with Crippen LogP contribution in [0.4, 0.5) is 0 Å². The van der Waals surface area contributed by atoms with Crippen molar-refractivity contribution < 1.29 is 13.7 Å². The van der Waals surface area contributed by atoms with E-state index in [2.05, 4.69) is 12.2 Å². The number of unbranched alkanes of at least 4 members (excludes halogenated alkanes) is 13. The summed E-state index contributed by atoms with van der Waals surface area (Å²) in [7, 11) is 0. The van der Waals surface area contributed by atoms with Crippen LogP contribution in [0.15, 0.2) is 0 Å². The monoisotopic (exact) mass is 401 g/mol. The summed E-state index contributed by atoms with van der Waals surface area (Å²) in [4.78, 5) is 11.9. The lowest BCUT2D eigenvalue weighted by Crippen LogP contribution is -2.56. The molecular formula is C21H41N2O3S+. The van der Waals surface area contributed by atoms with Crippen molar-refractivity contribution in [1.82, 2.24) is 5.32 Å². The van der Waals surface area contributed by atoms with E-state index >= 15 is 0 Å². The molecule has 1 amide bonds. The number of carbonyl (C=O) groups excluding carboxylic acids is 1. The Morgan fingerprint density at radius 3 is 1.81 bits per heavy atom. The number of nitrogens with one attached hydrogen (secondary N) is 1. The van der Waals surface area contributed by atoms with Crippen molar-refractivity contribution in [1.29, 1.82) is 0 Å². The molecule has 0 spiro atoms. The van der Waals surface area contributed by atoms with Crippen molar-refractivity contribution in [3.05, 3.63) is 0 Å². The molecule has 158 valence electrons. The molecule has 2 atom stereocenters. The van der Waals surface area contributed by atoms with E-state index in [4.69, 9.17) is 10.5 Å². The summed E-state index contributed by atoms with van der Waals surface area (Å²) in [6, 6.07) is 0. The zero-order chi connectivity index (χ0) is 19.8. The van der Waals surface area contributed by atoms with Gasteiger partial charge >= 0.3 is 16.4 Å². The van der Waals surface area contributed by atoms with Gasteiger partial charge in [0.15, 0.2) is 6.23 Å². The molecule has 6 heteroatoms. The molecule has 1 aliphatic rings. The highest BCUT2D eigenvalue weighted by Gasteiger charge is 2.59. The molecule has 1 rings (SSSR count). The Kier molecular flexibility index (Phi) is 13.9. The van der Waals surface area contributed by atoms with Crippen molar-refractivity contribution in [2.45, 2.75) is 114 Å². The number of primary amides is 1. The van der Waals surface area contributed by atoms with Gasteiger partial charge in [-0.25, -0.2) is 0 Å². The van der Waals surface area contributed by atoms with Crippen molar-refractivity contribution >= 4 is 17.6 Å². The van der Waals surface area contributed by atoms with E-state index in [0.717, 1.165) is 19.3 Å². The molecule has 1 aliphatic heterocycles. The van der Waals surface area contributed by atoms with Crippen molar-refractivity contribution in [3.63, 3.8) is 0 Å². The van der Waals surface area contributed by atoms with Crippen LogP contribution in [0.5, 0.6) is 0 Å². The summed E-state index contributed by atoms with van der Waals surface area (Å²) in [5.41, 5.74) is 5.54. The topological polar surface area (TPSA) is 81.4 Å². The minimum atomic E-state index is -1.17. The highest BCUT2D eigenvalue weighted by molar-refractivity contribution is 7.68. The van der Waals surface area contributed by atoms with Gasteiger partial charge in [-0.3, -0.25) is 10.1 Å². The molecule has 0 aromatic rings. The third-order valence-corrected chi connectivity index (χ3v) is 6.52. The molecule has 27 heavy (non-hydrogen) atoms. The van der Waals surface area contributed by atoms with E-state index in [1.807, 2.05) is 0 Å². The Morgan fingerprint density at radius 2 is 1.44 bits per heavy atom. The van der Waals surface area contributed by atoms with E-state index in [9.17, 15) is 9.00 Å². The lowest BCUT2D eigenvalue weighted by atomic mass is 9.96. The number of rotatable bonds is 18. The van der Waals surface area contributed by atoms with Crippen LogP contribution in [0, 0.1) is 0 Å². The number of hydrogen-bond acceptors (Lipinski definition) is 4. The SMILES string of the molecule is CCCCCCCCCCCCCCCCC([S+]=O)(C(N)=O)C1NCCO1. The predicted molar refractivity (Wildman–Crippen MR) is 113 cm³/mol. The lowest BCUT2D eigenvalue weighted by molar-refractivity contribution is -0.124. The largest absolute Gasteiger partial charge is 0.480 e. The minimum absolute atomic E-state index is 0.296. The van der Waals surface area contributed by atoms with Gasteiger partial charge < -0.3 is 10.5 Å². The first-order valence-corrected chi connectivity index (χ1v) is 11.9. The van der Waals surface area contributed by atoms with Crippen LogP contribution in [0.25, 0.3) is 0 Å². The first kappa shape index (κ1) is 24.4. The average molecular weight is 402 g/mol. The summed E-state index contributed by atoms with van der Waals surface area (Å²) in [6.45, 7) is 3.45. The van der Waals surface area contributed by atoms with Crippen molar-refractivity contribution in [2.75, 3.05) is 13.2 Å². The zero-order valence-electron chi connectivity index (χ0n) is 17.3. The van der Waals surface area contributed by atoms with Gasteiger partial charge in [0.05, 0.1) is 6.61 Å².